The zero-order valence-electron chi connectivity index (χ0n) is 17.3. The zero-order chi connectivity index (χ0) is 24.0. The van der Waals surface area contributed by atoms with Crippen LogP contribution in [0.15, 0.2) is 77.7 Å². The molecule has 33 heavy (non-hydrogen) atoms. The largest absolute Gasteiger partial charge is 0.329 e. The number of hydrogen-bond acceptors (Lipinski definition) is 5. The van der Waals surface area contributed by atoms with Crippen LogP contribution in [-0.4, -0.2) is 25.2 Å². The van der Waals surface area contributed by atoms with E-state index in [4.69, 9.17) is 12.2 Å². The van der Waals surface area contributed by atoms with E-state index in [2.05, 4.69) is 20.9 Å². The maximum atomic E-state index is 13.6. The summed E-state index contributed by atoms with van der Waals surface area (Å²) in [6, 6.07) is 17.1. The zero-order valence-corrected chi connectivity index (χ0v) is 18.9. The van der Waals surface area contributed by atoms with E-state index in [0.717, 1.165) is 0 Å². The molecule has 0 atom stereocenters. The lowest BCUT2D eigenvalue weighted by Crippen LogP contribution is -2.43. The number of para-hydroxylation sites is 1. The van der Waals surface area contributed by atoms with Crippen LogP contribution in [0.25, 0.3) is 0 Å². The second-order valence-corrected chi connectivity index (χ2v) is 8.87. The highest BCUT2D eigenvalue weighted by molar-refractivity contribution is 7.92. The summed E-state index contributed by atoms with van der Waals surface area (Å²) >= 11 is 5.01. The quantitative estimate of drug-likeness (QED) is 0.240. The minimum absolute atomic E-state index is 0.00520. The predicted octanol–water partition coefficient (Wildman–Crippen LogP) is 3.46. The first-order chi connectivity index (χ1) is 15.7. The number of carbonyl (C=O) groups excluding carboxylic acids is 2. The van der Waals surface area contributed by atoms with Gasteiger partial charge >= 0.3 is 0 Å². The highest BCUT2D eigenvalue weighted by Crippen LogP contribution is 2.18. The fraction of sp³-hybridized carbons (Fsp3) is 0.0455. The van der Waals surface area contributed by atoms with E-state index in [9.17, 15) is 22.4 Å². The van der Waals surface area contributed by atoms with Gasteiger partial charge in [0.1, 0.15) is 5.82 Å². The third-order valence-electron chi connectivity index (χ3n) is 4.38. The molecule has 0 aliphatic heterocycles. The summed E-state index contributed by atoms with van der Waals surface area (Å²) < 4.78 is 41.1. The number of anilines is 2. The number of ketones is 1. The van der Waals surface area contributed by atoms with Crippen LogP contribution in [0.2, 0.25) is 0 Å². The third kappa shape index (κ3) is 6.34. The highest BCUT2D eigenvalue weighted by Gasteiger charge is 2.15. The molecule has 170 valence electrons. The maximum absolute atomic E-state index is 13.6. The van der Waals surface area contributed by atoms with E-state index in [1.165, 1.54) is 73.7 Å². The van der Waals surface area contributed by atoms with Gasteiger partial charge in [-0.05, 0) is 67.7 Å². The summed E-state index contributed by atoms with van der Waals surface area (Å²) in [6.07, 6.45) is 0. The van der Waals surface area contributed by atoms with Crippen molar-refractivity contribution in [2.45, 2.75) is 11.8 Å². The number of hydrazine groups is 1. The average Bonchev–Trinajstić information content (AvgIpc) is 2.79. The van der Waals surface area contributed by atoms with Gasteiger partial charge in [0.15, 0.2) is 10.9 Å². The predicted molar refractivity (Wildman–Crippen MR) is 127 cm³/mol. The number of benzene rings is 3. The monoisotopic (exact) mass is 486 g/mol. The van der Waals surface area contributed by atoms with Gasteiger partial charge in [0, 0.05) is 16.8 Å². The van der Waals surface area contributed by atoms with Crippen LogP contribution in [0, 0.1) is 5.82 Å². The summed E-state index contributed by atoms with van der Waals surface area (Å²) in [4.78, 5) is 23.6. The van der Waals surface area contributed by atoms with E-state index < -0.39 is 21.7 Å². The Balaban J connectivity index is 1.57. The second-order valence-electron chi connectivity index (χ2n) is 6.78. The molecule has 3 aromatic carbocycles. The van der Waals surface area contributed by atoms with Crippen molar-refractivity contribution in [1.82, 2.24) is 10.9 Å². The van der Waals surface area contributed by atoms with Gasteiger partial charge in [-0.1, -0.05) is 24.3 Å². The van der Waals surface area contributed by atoms with Gasteiger partial charge in [-0.3, -0.25) is 25.2 Å². The molecule has 0 unspecified atom stereocenters. The maximum Gasteiger partial charge on any atom is 0.269 e. The molecule has 0 aromatic heterocycles. The molecule has 0 radical (unpaired) electrons. The number of rotatable bonds is 6. The number of thiocarbonyl (C=S) groups is 1. The lowest BCUT2D eigenvalue weighted by molar-refractivity contribution is 0.0943. The topological polar surface area (TPSA) is 116 Å². The van der Waals surface area contributed by atoms with Crippen LogP contribution in [-0.2, 0) is 10.0 Å². The molecular formula is C22H19FN4O4S2. The van der Waals surface area contributed by atoms with Crippen molar-refractivity contribution in [3.05, 3.63) is 89.7 Å². The molecule has 0 heterocycles. The molecule has 0 spiro atoms. The van der Waals surface area contributed by atoms with E-state index in [0.29, 0.717) is 5.56 Å². The van der Waals surface area contributed by atoms with Gasteiger partial charge in [-0.25, -0.2) is 12.8 Å². The van der Waals surface area contributed by atoms with Gasteiger partial charge in [0.25, 0.3) is 15.9 Å². The number of nitrogens with one attached hydrogen (secondary N) is 4. The fourth-order valence-electron chi connectivity index (χ4n) is 2.67. The Bertz CT molecular complexity index is 1290. The lowest BCUT2D eigenvalue weighted by atomic mass is 10.2. The van der Waals surface area contributed by atoms with Crippen LogP contribution in [0.1, 0.15) is 27.6 Å². The molecule has 0 aliphatic carbocycles. The summed E-state index contributed by atoms with van der Waals surface area (Å²) in [5.41, 5.74) is 5.85. The molecule has 0 aliphatic rings. The van der Waals surface area contributed by atoms with Crippen LogP contribution in [0.4, 0.5) is 15.8 Å². The number of Topliss-reactive ketones (excluding diaryl/α,β-unsaturated/α-hetero) is 1. The Morgan fingerprint density at radius 2 is 1.45 bits per heavy atom. The smallest absolute Gasteiger partial charge is 0.269 e. The SMILES string of the molecule is CC(=O)c1ccc(S(=O)(=O)Nc2ccc(C(=O)NNC(=S)Nc3ccccc3F)cc2)cc1. The normalized spacial score (nSPS) is 10.7. The molecule has 0 bridgehead atoms. The average molecular weight is 487 g/mol. The van der Waals surface area contributed by atoms with E-state index in [1.54, 1.807) is 6.07 Å². The van der Waals surface area contributed by atoms with E-state index in [1.807, 2.05) is 0 Å². The molecule has 3 aromatic rings. The molecule has 4 N–H and O–H groups in total. The molecule has 1 amide bonds. The van der Waals surface area contributed by atoms with Gasteiger partial charge in [0.05, 0.1) is 10.6 Å². The number of hydrogen-bond donors (Lipinski definition) is 4. The molecule has 11 heteroatoms. The Morgan fingerprint density at radius 3 is 2.06 bits per heavy atom. The summed E-state index contributed by atoms with van der Waals surface area (Å²) in [5.74, 6) is -1.21. The molecule has 8 nitrogen and oxygen atoms in total. The lowest BCUT2D eigenvalue weighted by Gasteiger charge is -2.12. The minimum atomic E-state index is -3.87. The van der Waals surface area contributed by atoms with Crippen LogP contribution in [0.3, 0.4) is 0 Å². The van der Waals surface area contributed by atoms with Crippen molar-refractivity contribution in [1.29, 1.82) is 0 Å². The van der Waals surface area contributed by atoms with Crippen molar-refractivity contribution < 1.29 is 22.4 Å². The first-order valence-corrected chi connectivity index (χ1v) is 11.4. The molecule has 0 fully saturated rings. The first kappa shape index (κ1) is 23.8. The second kappa shape index (κ2) is 10.2. The van der Waals surface area contributed by atoms with Crippen molar-refractivity contribution in [2.75, 3.05) is 10.0 Å². The summed E-state index contributed by atoms with van der Waals surface area (Å²) in [6.45, 7) is 1.39. The fourth-order valence-corrected chi connectivity index (χ4v) is 3.89. The number of amides is 1. The summed E-state index contributed by atoms with van der Waals surface area (Å²) in [5, 5.41) is 2.59. The minimum Gasteiger partial charge on any atom is -0.329 e. The van der Waals surface area contributed by atoms with Crippen molar-refractivity contribution >= 4 is 50.4 Å². The molecular weight excluding hydrogens is 467 g/mol. The Kier molecular flexibility index (Phi) is 7.36. The first-order valence-electron chi connectivity index (χ1n) is 9.51. The Labute approximate surface area is 195 Å². The van der Waals surface area contributed by atoms with Crippen molar-refractivity contribution in [3.8, 4) is 0 Å². The van der Waals surface area contributed by atoms with Crippen LogP contribution < -0.4 is 20.9 Å². The van der Waals surface area contributed by atoms with Crippen molar-refractivity contribution in [2.24, 2.45) is 0 Å². The third-order valence-corrected chi connectivity index (χ3v) is 5.98. The van der Waals surface area contributed by atoms with E-state index >= 15 is 0 Å². The standard InChI is InChI=1S/C22H19FN4O4S2/c1-14(28)15-8-12-18(13-9-15)33(30,31)27-17-10-6-16(7-11-17)21(29)25-26-22(32)24-20-5-3-2-4-19(20)23/h2-13,27H,1H3,(H,25,29)(H2,24,26,32). The highest BCUT2D eigenvalue weighted by atomic mass is 32.2. The number of carbonyl (C=O) groups is 2. The molecule has 3 rings (SSSR count). The van der Waals surface area contributed by atoms with Crippen LogP contribution in [0.5, 0.6) is 0 Å². The van der Waals surface area contributed by atoms with Crippen molar-refractivity contribution in [3.63, 3.8) is 0 Å². The number of halogens is 1. The Hall–Kier alpha value is -3.83. The molecule has 0 saturated carbocycles. The Morgan fingerprint density at radius 1 is 0.848 bits per heavy atom. The van der Waals surface area contributed by atoms with Gasteiger partial charge < -0.3 is 5.32 Å². The van der Waals surface area contributed by atoms with E-state index in [-0.39, 0.29) is 32.7 Å². The van der Waals surface area contributed by atoms with Gasteiger partial charge in [-0.15, -0.1) is 0 Å². The van der Waals surface area contributed by atoms with Crippen LogP contribution >= 0.6 is 12.2 Å². The van der Waals surface area contributed by atoms with Gasteiger partial charge in [-0.2, -0.15) is 0 Å². The van der Waals surface area contributed by atoms with Gasteiger partial charge in [0.2, 0.25) is 0 Å². The molecule has 0 saturated heterocycles. The number of sulfonamides is 1. The summed E-state index contributed by atoms with van der Waals surface area (Å²) in [7, 11) is -3.87.